The number of amides is 3. The second-order valence-electron chi connectivity index (χ2n) is 5.94. The molecule has 1 aromatic heterocycles. The molecule has 0 bridgehead atoms. The van der Waals surface area contributed by atoms with Crippen LogP contribution < -0.4 is 9.54 Å². The molecule has 0 unspecified atom stereocenters. The van der Waals surface area contributed by atoms with E-state index in [4.69, 9.17) is 9.47 Å². The quantitative estimate of drug-likeness (QED) is 0.664. The van der Waals surface area contributed by atoms with Crippen molar-refractivity contribution in [1.29, 1.82) is 0 Å². The second kappa shape index (κ2) is 8.45. The number of imide groups is 1. The number of thiazole rings is 1. The molecule has 2 heterocycles. The Morgan fingerprint density at radius 3 is 2.67 bits per heavy atom. The number of para-hydroxylation sites is 1. The van der Waals surface area contributed by atoms with E-state index in [1.165, 1.54) is 11.3 Å². The van der Waals surface area contributed by atoms with Gasteiger partial charge >= 0.3 is 0 Å². The van der Waals surface area contributed by atoms with Gasteiger partial charge in [0.2, 0.25) is 11.8 Å². The van der Waals surface area contributed by atoms with E-state index in [1.54, 1.807) is 7.11 Å². The van der Waals surface area contributed by atoms with E-state index in [1.807, 2.05) is 29.7 Å². The molecule has 27 heavy (non-hydrogen) atoms. The van der Waals surface area contributed by atoms with Crippen molar-refractivity contribution in [2.75, 3.05) is 26.9 Å². The van der Waals surface area contributed by atoms with Gasteiger partial charge in [0.1, 0.15) is 17.8 Å². The van der Waals surface area contributed by atoms with Crippen LogP contribution in [-0.2, 0) is 25.7 Å². The van der Waals surface area contributed by atoms with Crippen LogP contribution in [0.4, 0.5) is 0 Å². The predicted octanol–water partition coefficient (Wildman–Crippen LogP) is 1.32. The number of fused-ring (bicyclic) bond motifs is 1. The van der Waals surface area contributed by atoms with E-state index in [0.717, 1.165) is 15.1 Å². The maximum Gasteiger partial charge on any atom is 0.268 e. The average Bonchev–Trinajstić information content (AvgIpc) is 3.15. The van der Waals surface area contributed by atoms with Crippen LogP contribution in [0.2, 0.25) is 0 Å². The van der Waals surface area contributed by atoms with E-state index in [2.05, 4.69) is 4.99 Å². The first-order chi connectivity index (χ1) is 13.0. The zero-order valence-electron chi connectivity index (χ0n) is 15.3. The Kier molecular flexibility index (Phi) is 6.02. The number of methoxy groups -OCH3 is 1. The summed E-state index contributed by atoms with van der Waals surface area (Å²) < 4.78 is 13.7. The van der Waals surface area contributed by atoms with Gasteiger partial charge in [-0.1, -0.05) is 17.4 Å². The minimum atomic E-state index is -0.533. The molecule has 1 saturated heterocycles. The van der Waals surface area contributed by atoms with E-state index in [9.17, 15) is 14.4 Å². The molecule has 0 aliphatic carbocycles. The monoisotopic (exact) mass is 391 g/mol. The van der Waals surface area contributed by atoms with Gasteiger partial charge in [-0.2, -0.15) is 4.99 Å². The fourth-order valence-electron chi connectivity index (χ4n) is 2.92. The standard InChI is InChI=1S/C18H21N3O5S/c1-3-26-12-5-4-6-13-17(12)20(9-10-25-2)18(27-13)19-14(22)11-21-15(23)7-8-16(21)24/h4-6H,3,7-11H2,1-2H3. The minimum Gasteiger partial charge on any atom is -0.492 e. The van der Waals surface area contributed by atoms with Gasteiger partial charge in [0.15, 0.2) is 4.80 Å². The number of rotatable bonds is 7. The first kappa shape index (κ1) is 19.2. The highest BCUT2D eigenvalue weighted by molar-refractivity contribution is 7.16. The molecule has 1 aliphatic heterocycles. The van der Waals surface area contributed by atoms with Gasteiger partial charge in [-0.05, 0) is 19.1 Å². The lowest BCUT2D eigenvalue weighted by Crippen LogP contribution is -2.34. The van der Waals surface area contributed by atoms with Crippen LogP contribution in [0.25, 0.3) is 10.2 Å². The number of benzene rings is 1. The largest absolute Gasteiger partial charge is 0.492 e. The first-order valence-corrected chi connectivity index (χ1v) is 9.51. The molecule has 0 saturated carbocycles. The summed E-state index contributed by atoms with van der Waals surface area (Å²) in [7, 11) is 1.60. The summed E-state index contributed by atoms with van der Waals surface area (Å²) in [4.78, 5) is 41.4. The third kappa shape index (κ3) is 4.09. The van der Waals surface area contributed by atoms with Crippen molar-refractivity contribution in [2.24, 2.45) is 4.99 Å². The highest BCUT2D eigenvalue weighted by Crippen LogP contribution is 2.27. The third-order valence-electron chi connectivity index (χ3n) is 4.15. The Morgan fingerprint density at radius 1 is 1.26 bits per heavy atom. The highest BCUT2D eigenvalue weighted by Gasteiger charge is 2.30. The van der Waals surface area contributed by atoms with Crippen molar-refractivity contribution in [3.05, 3.63) is 23.0 Å². The maximum absolute atomic E-state index is 12.4. The molecule has 2 aromatic rings. The molecule has 144 valence electrons. The molecule has 0 radical (unpaired) electrons. The summed E-state index contributed by atoms with van der Waals surface area (Å²) in [5.74, 6) is -0.480. The van der Waals surface area contributed by atoms with Crippen LogP contribution in [0.5, 0.6) is 5.75 Å². The van der Waals surface area contributed by atoms with Gasteiger partial charge in [-0.3, -0.25) is 19.3 Å². The normalized spacial score (nSPS) is 15.2. The van der Waals surface area contributed by atoms with Crippen molar-refractivity contribution < 1.29 is 23.9 Å². The molecule has 3 amide bonds. The molecule has 1 aromatic carbocycles. The van der Waals surface area contributed by atoms with Crippen LogP contribution in [0.15, 0.2) is 23.2 Å². The highest BCUT2D eigenvalue weighted by atomic mass is 32.1. The number of likely N-dealkylation sites (tertiary alicyclic amines) is 1. The second-order valence-corrected chi connectivity index (χ2v) is 6.95. The molecular formula is C18H21N3O5S. The van der Waals surface area contributed by atoms with Gasteiger partial charge in [-0.15, -0.1) is 0 Å². The summed E-state index contributed by atoms with van der Waals surface area (Å²) in [5.41, 5.74) is 0.848. The van der Waals surface area contributed by atoms with Crippen molar-refractivity contribution in [1.82, 2.24) is 9.47 Å². The lowest BCUT2D eigenvalue weighted by atomic mass is 10.3. The van der Waals surface area contributed by atoms with Gasteiger partial charge in [-0.25, -0.2) is 0 Å². The Bertz CT molecular complexity index is 930. The Hall–Kier alpha value is -2.52. The zero-order chi connectivity index (χ0) is 19.4. The van der Waals surface area contributed by atoms with E-state index >= 15 is 0 Å². The molecule has 0 atom stereocenters. The van der Waals surface area contributed by atoms with Gasteiger partial charge in [0.05, 0.1) is 17.9 Å². The van der Waals surface area contributed by atoms with Gasteiger partial charge in [0, 0.05) is 26.5 Å². The van der Waals surface area contributed by atoms with Crippen molar-refractivity contribution in [3.8, 4) is 5.75 Å². The molecule has 1 fully saturated rings. The maximum atomic E-state index is 12.4. The summed E-state index contributed by atoms with van der Waals surface area (Å²) in [6.07, 6.45) is 0.307. The molecular weight excluding hydrogens is 370 g/mol. The zero-order valence-corrected chi connectivity index (χ0v) is 16.1. The van der Waals surface area contributed by atoms with Crippen LogP contribution in [-0.4, -0.2) is 54.1 Å². The SMILES string of the molecule is CCOc1cccc2sc(=NC(=O)CN3C(=O)CCC3=O)n(CCOC)c12. The first-order valence-electron chi connectivity index (χ1n) is 8.70. The number of hydrogen-bond acceptors (Lipinski definition) is 6. The summed E-state index contributed by atoms with van der Waals surface area (Å²) in [6, 6.07) is 5.69. The number of carbonyl (C=O) groups is 3. The summed E-state index contributed by atoms with van der Waals surface area (Å²) in [5, 5.41) is 0. The Balaban J connectivity index is 2.00. The number of aromatic nitrogens is 1. The molecule has 9 heteroatoms. The summed E-state index contributed by atoms with van der Waals surface area (Å²) >= 11 is 1.35. The number of hydrogen-bond donors (Lipinski definition) is 0. The van der Waals surface area contributed by atoms with Crippen LogP contribution in [0.1, 0.15) is 19.8 Å². The fourth-order valence-corrected chi connectivity index (χ4v) is 4.01. The lowest BCUT2D eigenvalue weighted by molar-refractivity contribution is -0.141. The molecule has 3 rings (SSSR count). The molecule has 0 N–H and O–H groups in total. The minimum absolute atomic E-state index is 0.153. The molecule has 1 aliphatic rings. The van der Waals surface area contributed by atoms with Crippen molar-refractivity contribution in [3.63, 3.8) is 0 Å². The van der Waals surface area contributed by atoms with E-state index in [0.29, 0.717) is 30.3 Å². The number of ether oxygens (including phenoxy) is 2. The van der Waals surface area contributed by atoms with Crippen LogP contribution in [0, 0.1) is 0 Å². The lowest BCUT2D eigenvalue weighted by Gasteiger charge is -2.11. The molecule has 0 spiro atoms. The predicted molar refractivity (Wildman–Crippen MR) is 99.4 cm³/mol. The van der Waals surface area contributed by atoms with E-state index in [-0.39, 0.29) is 31.2 Å². The smallest absolute Gasteiger partial charge is 0.268 e. The number of carbonyl (C=O) groups excluding carboxylic acids is 3. The topological polar surface area (TPSA) is 90.2 Å². The van der Waals surface area contributed by atoms with Crippen molar-refractivity contribution >= 4 is 39.3 Å². The summed E-state index contributed by atoms with van der Waals surface area (Å²) in [6.45, 7) is 3.03. The fraction of sp³-hybridized carbons (Fsp3) is 0.444. The van der Waals surface area contributed by atoms with Crippen LogP contribution >= 0.6 is 11.3 Å². The van der Waals surface area contributed by atoms with E-state index < -0.39 is 5.91 Å². The molecule has 8 nitrogen and oxygen atoms in total. The van der Waals surface area contributed by atoms with Crippen molar-refractivity contribution in [2.45, 2.75) is 26.3 Å². The third-order valence-corrected chi connectivity index (χ3v) is 5.20. The number of nitrogens with zero attached hydrogens (tertiary/aromatic N) is 3. The Labute approximate surface area is 160 Å². The van der Waals surface area contributed by atoms with Crippen LogP contribution in [0.3, 0.4) is 0 Å². The van der Waals surface area contributed by atoms with Gasteiger partial charge in [0.25, 0.3) is 5.91 Å². The average molecular weight is 391 g/mol. The Morgan fingerprint density at radius 2 is 2.00 bits per heavy atom. The van der Waals surface area contributed by atoms with Gasteiger partial charge < -0.3 is 14.0 Å².